The topological polar surface area (TPSA) is 124 Å². The maximum atomic E-state index is 13.0. The minimum absolute atomic E-state index is 0.136. The number of carboxylic acids is 1. The van der Waals surface area contributed by atoms with Crippen molar-refractivity contribution in [2.75, 3.05) is 25.2 Å². The first-order valence-corrected chi connectivity index (χ1v) is 9.27. The smallest absolute Gasteiger partial charge is 0.339 e. The summed E-state index contributed by atoms with van der Waals surface area (Å²) in [7, 11) is -2.78. The summed E-state index contributed by atoms with van der Waals surface area (Å²) in [5.74, 6) is -1.25. The standard InChI is InChI=1S/C16H14N4O6S/c1-18-12-3-2-10(15(21)22)6-14(12)27(24,25)20(16(18)23)9-19-5-4-13-11(8-19)7-17-26-13/h2-4,6-8H,5,9H2,1H3,(H,21,22). The lowest BCUT2D eigenvalue weighted by Crippen LogP contribution is -2.53. The number of carbonyl (C=O) groups is 2. The summed E-state index contributed by atoms with van der Waals surface area (Å²) >= 11 is 0. The second kappa shape index (κ2) is 5.84. The molecule has 140 valence electrons. The SMILES string of the molecule is CN1C(=O)N(CN2C=c3cnoc3=CC2)S(=O)(=O)c2cc(C(=O)O)ccc21. The molecule has 2 amide bonds. The molecule has 0 saturated carbocycles. The van der Waals surface area contributed by atoms with Gasteiger partial charge >= 0.3 is 12.0 Å². The average molecular weight is 390 g/mol. The summed E-state index contributed by atoms with van der Waals surface area (Å²) < 4.78 is 31.8. The zero-order valence-electron chi connectivity index (χ0n) is 14.1. The number of urea groups is 1. The normalized spacial score (nSPS) is 17.7. The van der Waals surface area contributed by atoms with Crippen LogP contribution in [0, 0.1) is 0 Å². The number of benzene rings is 1. The third-order valence-corrected chi connectivity index (χ3v) is 6.14. The quantitative estimate of drug-likeness (QED) is 0.739. The Balaban J connectivity index is 1.75. The summed E-state index contributed by atoms with van der Waals surface area (Å²) in [6.07, 6.45) is 4.87. The van der Waals surface area contributed by atoms with E-state index in [0.717, 1.165) is 6.07 Å². The van der Waals surface area contributed by atoms with Crippen molar-refractivity contribution in [1.29, 1.82) is 0 Å². The molecule has 0 fully saturated rings. The van der Waals surface area contributed by atoms with Crippen molar-refractivity contribution in [3.05, 3.63) is 40.6 Å². The van der Waals surface area contributed by atoms with E-state index in [4.69, 9.17) is 9.63 Å². The van der Waals surface area contributed by atoms with E-state index in [2.05, 4.69) is 5.16 Å². The van der Waals surface area contributed by atoms with Crippen LogP contribution in [0.1, 0.15) is 10.4 Å². The molecular weight excluding hydrogens is 376 g/mol. The van der Waals surface area contributed by atoms with Crippen molar-refractivity contribution < 1.29 is 27.6 Å². The molecule has 0 atom stereocenters. The Bertz CT molecular complexity index is 1190. The molecule has 0 bridgehead atoms. The molecular formula is C16H14N4O6S. The van der Waals surface area contributed by atoms with E-state index in [1.165, 1.54) is 30.3 Å². The molecule has 1 aromatic heterocycles. The first-order valence-electron chi connectivity index (χ1n) is 7.83. The number of rotatable bonds is 3. The fourth-order valence-corrected chi connectivity index (χ4v) is 4.59. The average Bonchev–Trinajstić information content (AvgIpc) is 3.11. The van der Waals surface area contributed by atoms with Gasteiger partial charge in [0.1, 0.15) is 11.6 Å². The van der Waals surface area contributed by atoms with Crippen LogP contribution in [0.15, 0.2) is 33.8 Å². The summed E-state index contributed by atoms with van der Waals surface area (Å²) in [6, 6.07) is 2.91. The minimum atomic E-state index is -4.22. The zero-order valence-corrected chi connectivity index (χ0v) is 14.9. The number of carbonyl (C=O) groups excluding carboxylic acids is 1. The van der Waals surface area contributed by atoms with Crippen LogP contribution >= 0.6 is 0 Å². The van der Waals surface area contributed by atoms with Gasteiger partial charge in [0.25, 0.3) is 10.0 Å². The highest BCUT2D eigenvalue weighted by molar-refractivity contribution is 7.90. The molecule has 27 heavy (non-hydrogen) atoms. The molecule has 0 radical (unpaired) electrons. The summed E-state index contributed by atoms with van der Waals surface area (Å²) in [4.78, 5) is 26.5. The van der Waals surface area contributed by atoms with Gasteiger partial charge in [0, 0.05) is 19.8 Å². The van der Waals surface area contributed by atoms with Crippen molar-refractivity contribution in [2.24, 2.45) is 0 Å². The Morgan fingerprint density at radius 1 is 1.37 bits per heavy atom. The molecule has 1 aromatic carbocycles. The Labute approximate surface area is 153 Å². The highest BCUT2D eigenvalue weighted by Gasteiger charge is 2.41. The monoisotopic (exact) mass is 390 g/mol. The Kier molecular flexibility index (Phi) is 3.70. The van der Waals surface area contributed by atoms with E-state index in [9.17, 15) is 18.0 Å². The van der Waals surface area contributed by atoms with Gasteiger partial charge in [-0.2, -0.15) is 4.31 Å². The Morgan fingerprint density at radius 2 is 2.15 bits per heavy atom. The molecule has 3 heterocycles. The van der Waals surface area contributed by atoms with E-state index in [0.29, 0.717) is 21.5 Å². The van der Waals surface area contributed by atoms with Crippen LogP contribution in [0.2, 0.25) is 0 Å². The van der Waals surface area contributed by atoms with E-state index in [-0.39, 0.29) is 22.8 Å². The molecule has 1 N–H and O–H groups in total. The highest BCUT2D eigenvalue weighted by Crippen LogP contribution is 2.34. The van der Waals surface area contributed by atoms with Crippen LogP contribution in [0.25, 0.3) is 12.3 Å². The first kappa shape index (κ1) is 17.1. The number of aromatic nitrogens is 1. The molecule has 4 rings (SSSR count). The van der Waals surface area contributed by atoms with E-state index >= 15 is 0 Å². The molecule has 10 nitrogen and oxygen atoms in total. The van der Waals surface area contributed by atoms with Gasteiger partial charge in [0.05, 0.1) is 22.7 Å². The van der Waals surface area contributed by atoms with Crippen LogP contribution < -0.4 is 15.5 Å². The van der Waals surface area contributed by atoms with Gasteiger partial charge in [0.15, 0.2) is 5.42 Å². The molecule has 11 heteroatoms. The lowest BCUT2D eigenvalue weighted by atomic mass is 10.2. The molecule has 2 aliphatic rings. The lowest BCUT2D eigenvalue weighted by molar-refractivity contribution is 0.0696. The van der Waals surface area contributed by atoms with Crippen LogP contribution in [0.4, 0.5) is 10.5 Å². The Hall–Kier alpha value is -3.34. The van der Waals surface area contributed by atoms with Crippen molar-refractivity contribution in [2.45, 2.75) is 4.90 Å². The number of sulfonamides is 1. The molecule has 0 saturated heterocycles. The van der Waals surface area contributed by atoms with E-state index < -0.39 is 22.0 Å². The van der Waals surface area contributed by atoms with Crippen molar-refractivity contribution in [1.82, 2.24) is 14.4 Å². The van der Waals surface area contributed by atoms with Gasteiger partial charge in [0.2, 0.25) is 0 Å². The molecule has 0 unspecified atom stereocenters. The second-order valence-corrected chi connectivity index (χ2v) is 7.90. The third kappa shape index (κ3) is 2.63. The first-order chi connectivity index (χ1) is 12.8. The maximum Gasteiger partial charge on any atom is 0.339 e. The number of hydrogen-bond donors (Lipinski definition) is 1. The van der Waals surface area contributed by atoms with Gasteiger partial charge in [-0.05, 0) is 24.3 Å². The number of aromatic carboxylic acids is 1. The van der Waals surface area contributed by atoms with Crippen LogP contribution in [-0.2, 0) is 10.0 Å². The van der Waals surface area contributed by atoms with Gasteiger partial charge in [-0.25, -0.2) is 18.0 Å². The Morgan fingerprint density at radius 3 is 2.89 bits per heavy atom. The summed E-state index contributed by atoms with van der Waals surface area (Å²) in [6.45, 7) is 0.0938. The zero-order chi connectivity index (χ0) is 19.3. The summed E-state index contributed by atoms with van der Waals surface area (Å²) in [5.41, 5.74) is 0.538. The van der Waals surface area contributed by atoms with Crippen LogP contribution in [-0.4, -0.2) is 60.1 Å². The van der Waals surface area contributed by atoms with Gasteiger partial charge in [-0.1, -0.05) is 5.16 Å². The van der Waals surface area contributed by atoms with Gasteiger partial charge in [-0.3, -0.25) is 4.90 Å². The maximum absolute atomic E-state index is 13.0. The number of nitrogens with zero attached hydrogens (tertiary/aromatic N) is 4. The van der Waals surface area contributed by atoms with Gasteiger partial charge < -0.3 is 14.5 Å². The predicted octanol–water partition coefficient (Wildman–Crippen LogP) is -0.575. The van der Waals surface area contributed by atoms with Crippen molar-refractivity contribution >= 4 is 40.0 Å². The molecule has 2 aliphatic heterocycles. The number of amides is 2. The fraction of sp³-hybridized carbons (Fsp3) is 0.188. The minimum Gasteiger partial charge on any atom is -0.478 e. The number of hydrogen-bond acceptors (Lipinski definition) is 7. The van der Waals surface area contributed by atoms with Crippen LogP contribution in [0.3, 0.4) is 0 Å². The fourth-order valence-electron chi connectivity index (χ4n) is 2.98. The largest absolute Gasteiger partial charge is 0.478 e. The number of carboxylic acid groups (broad SMARTS) is 1. The van der Waals surface area contributed by atoms with Gasteiger partial charge in [-0.15, -0.1) is 0 Å². The molecule has 2 aromatic rings. The summed E-state index contributed by atoms with van der Waals surface area (Å²) in [5, 5.41) is 13.5. The number of fused-ring (bicyclic) bond motifs is 2. The van der Waals surface area contributed by atoms with Crippen molar-refractivity contribution in [3.8, 4) is 0 Å². The van der Waals surface area contributed by atoms with E-state index in [1.54, 1.807) is 17.2 Å². The third-order valence-electron chi connectivity index (χ3n) is 4.41. The van der Waals surface area contributed by atoms with E-state index in [1.807, 2.05) is 0 Å². The van der Waals surface area contributed by atoms with Crippen molar-refractivity contribution in [3.63, 3.8) is 0 Å². The lowest BCUT2D eigenvalue weighted by Gasteiger charge is -2.36. The highest BCUT2D eigenvalue weighted by atomic mass is 32.2. The van der Waals surface area contributed by atoms with Crippen LogP contribution in [0.5, 0.6) is 0 Å². The number of anilines is 1. The second-order valence-electron chi connectivity index (χ2n) is 6.07. The molecule has 0 aliphatic carbocycles. The molecule has 0 spiro atoms. The predicted molar refractivity (Wildman–Crippen MR) is 92.5 cm³/mol.